The molecule has 0 N–H and O–H groups in total. The molecule has 0 spiro atoms. The van der Waals surface area contributed by atoms with Crippen molar-refractivity contribution >= 4 is 5.69 Å². The Labute approximate surface area is 86.5 Å². The summed E-state index contributed by atoms with van der Waals surface area (Å²) in [6.45, 7) is 0.557. The Hall–Kier alpha value is -1.19. The minimum atomic E-state index is -4.06. The van der Waals surface area contributed by atoms with Gasteiger partial charge in [-0.15, -0.1) is 0 Å². The second-order valence-corrected chi connectivity index (χ2v) is 3.73. The minimum Gasteiger partial charge on any atom is -0.371 e. The van der Waals surface area contributed by atoms with Gasteiger partial charge in [-0.25, -0.2) is 0 Å². The summed E-state index contributed by atoms with van der Waals surface area (Å²) in [6.07, 6.45) is -3.86. The number of hydrogen-bond acceptors (Lipinski definition) is 1. The quantitative estimate of drug-likeness (QED) is 0.694. The van der Waals surface area contributed by atoms with Crippen LogP contribution in [0.15, 0.2) is 24.3 Å². The summed E-state index contributed by atoms with van der Waals surface area (Å²) in [5.74, 6) is -1.18. The Morgan fingerprint density at radius 1 is 1.27 bits per heavy atom. The maximum atomic E-state index is 12.4. The molecular formula is C11H11F3N. The van der Waals surface area contributed by atoms with Gasteiger partial charge in [0, 0.05) is 18.8 Å². The molecule has 1 aromatic rings. The number of alkyl halides is 3. The summed E-state index contributed by atoms with van der Waals surface area (Å²) in [5.41, 5.74) is 0.848. The molecule has 1 atom stereocenters. The standard InChI is InChI=1S/C11H11F3N/c12-11(13,14)9-6-7-15(8-9)10-4-2-1-3-5-10/h2-5,9H,6-8H2/t9-/m0/s1. The first-order valence-corrected chi connectivity index (χ1v) is 4.85. The molecule has 81 valence electrons. The Morgan fingerprint density at radius 2 is 1.93 bits per heavy atom. The largest absolute Gasteiger partial charge is 0.393 e. The van der Waals surface area contributed by atoms with Gasteiger partial charge in [0.15, 0.2) is 0 Å². The highest BCUT2D eigenvalue weighted by atomic mass is 19.4. The summed E-state index contributed by atoms with van der Waals surface area (Å²) in [5, 5.41) is 0. The average Bonchev–Trinajstić information content (AvgIpc) is 2.67. The predicted octanol–water partition coefficient (Wildman–Crippen LogP) is 2.88. The molecule has 1 radical (unpaired) electrons. The van der Waals surface area contributed by atoms with Crippen LogP contribution in [0.2, 0.25) is 0 Å². The average molecular weight is 214 g/mol. The SMILES string of the molecule is FC(F)(F)[C@H]1CCN(c2cc[c]cc2)C1. The number of anilines is 1. The van der Waals surface area contributed by atoms with E-state index in [1.807, 2.05) is 0 Å². The highest BCUT2D eigenvalue weighted by Gasteiger charge is 2.43. The molecular weight excluding hydrogens is 203 g/mol. The number of hydrogen-bond donors (Lipinski definition) is 0. The van der Waals surface area contributed by atoms with Gasteiger partial charge in [0.25, 0.3) is 0 Å². The number of benzene rings is 1. The zero-order valence-electron chi connectivity index (χ0n) is 8.09. The lowest BCUT2D eigenvalue weighted by atomic mass is 10.1. The number of halogens is 3. The fourth-order valence-corrected chi connectivity index (χ4v) is 1.85. The highest BCUT2D eigenvalue weighted by molar-refractivity contribution is 5.46. The minimum absolute atomic E-state index is 0.0769. The van der Waals surface area contributed by atoms with Crippen LogP contribution >= 0.6 is 0 Å². The monoisotopic (exact) mass is 214 g/mol. The zero-order valence-corrected chi connectivity index (χ0v) is 8.09. The van der Waals surface area contributed by atoms with E-state index in [4.69, 9.17) is 0 Å². The maximum absolute atomic E-state index is 12.4. The van der Waals surface area contributed by atoms with E-state index in [1.54, 1.807) is 29.2 Å². The molecule has 0 amide bonds. The van der Waals surface area contributed by atoms with E-state index in [2.05, 4.69) is 6.07 Å². The second-order valence-electron chi connectivity index (χ2n) is 3.73. The molecule has 4 heteroatoms. The Morgan fingerprint density at radius 3 is 2.47 bits per heavy atom. The van der Waals surface area contributed by atoms with Crippen molar-refractivity contribution < 1.29 is 13.2 Å². The lowest BCUT2D eigenvalue weighted by molar-refractivity contribution is -0.168. The Balaban J connectivity index is 2.05. The van der Waals surface area contributed by atoms with Crippen molar-refractivity contribution in [2.45, 2.75) is 12.6 Å². The van der Waals surface area contributed by atoms with Gasteiger partial charge in [-0.2, -0.15) is 13.2 Å². The van der Waals surface area contributed by atoms with Crippen LogP contribution < -0.4 is 4.90 Å². The summed E-state index contributed by atoms with van der Waals surface area (Å²) in [6, 6.07) is 9.87. The van der Waals surface area contributed by atoms with Crippen LogP contribution in [0.4, 0.5) is 18.9 Å². The van der Waals surface area contributed by atoms with E-state index in [0.29, 0.717) is 6.54 Å². The second kappa shape index (κ2) is 3.76. The Bertz CT molecular complexity index is 320. The third-order valence-corrected chi connectivity index (χ3v) is 2.72. The van der Waals surface area contributed by atoms with Gasteiger partial charge in [0.2, 0.25) is 0 Å². The molecule has 0 unspecified atom stereocenters. The molecule has 2 rings (SSSR count). The van der Waals surface area contributed by atoms with Crippen molar-refractivity contribution in [2.24, 2.45) is 5.92 Å². The van der Waals surface area contributed by atoms with Crippen LogP contribution in [-0.2, 0) is 0 Å². The molecule has 0 aromatic heterocycles. The summed E-state index contributed by atoms with van der Waals surface area (Å²) >= 11 is 0. The van der Waals surface area contributed by atoms with Crippen LogP contribution in [0.1, 0.15) is 6.42 Å². The fraction of sp³-hybridized carbons (Fsp3) is 0.455. The van der Waals surface area contributed by atoms with Crippen LogP contribution in [0, 0.1) is 12.0 Å². The van der Waals surface area contributed by atoms with Crippen LogP contribution in [0.3, 0.4) is 0 Å². The first-order chi connectivity index (χ1) is 7.07. The maximum Gasteiger partial charge on any atom is 0.393 e. The van der Waals surface area contributed by atoms with E-state index < -0.39 is 12.1 Å². The molecule has 0 aliphatic carbocycles. The van der Waals surface area contributed by atoms with E-state index in [9.17, 15) is 13.2 Å². The van der Waals surface area contributed by atoms with E-state index in [0.717, 1.165) is 5.69 Å². The van der Waals surface area contributed by atoms with Crippen LogP contribution in [0.5, 0.6) is 0 Å². The molecule has 1 heterocycles. The number of rotatable bonds is 1. The molecule has 15 heavy (non-hydrogen) atoms. The number of nitrogens with zero attached hydrogens (tertiary/aromatic N) is 1. The predicted molar refractivity (Wildman–Crippen MR) is 51.7 cm³/mol. The molecule has 1 aliphatic rings. The fourth-order valence-electron chi connectivity index (χ4n) is 1.85. The lowest BCUT2D eigenvalue weighted by Gasteiger charge is -2.19. The van der Waals surface area contributed by atoms with Crippen molar-refractivity contribution in [3.63, 3.8) is 0 Å². The third-order valence-electron chi connectivity index (χ3n) is 2.72. The normalized spacial score (nSPS) is 22.1. The summed E-state index contributed by atoms with van der Waals surface area (Å²) in [4.78, 5) is 1.77. The van der Waals surface area contributed by atoms with Crippen molar-refractivity contribution in [1.82, 2.24) is 0 Å². The van der Waals surface area contributed by atoms with Gasteiger partial charge >= 0.3 is 6.18 Å². The molecule has 0 saturated carbocycles. The molecule has 1 fully saturated rings. The van der Waals surface area contributed by atoms with Crippen molar-refractivity contribution in [3.8, 4) is 0 Å². The first kappa shape index (κ1) is 10.3. The lowest BCUT2D eigenvalue weighted by Crippen LogP contribution is -2.27. The van der Waals surface area contributed by atoms with Gasteiger partial charge in [-0.05, 0) is 24.6 Å². The van der Waals surface area contributed by atoms with Crippen molar-refractivity contribution in [3.05, 3.63) is 30.3 Å². The zero-order chi connectivity index (χ0) is 10.9. The summed E-state index contributed by atoms with van der Waals surface area (Å²) in [7, 11) is 0. The smallest absolute Gasteiger partial charge is 0.371 e. The van der Waals surface area contributed by atoms with Gasteiger partial charge in [-0.3, -0.25) is 0 Å². The Kier molecular flexibility index (Phi) is 2.59. The van der Waals surface area contributed by atoms with E-state index in [-0.39, 0.29) is 13.0 Å². The van der Waals surface area contributed by atoms with E-state index >= 15 is 0 Å². The van der Waals surface area contributed by atoms with Gasteiger partial charge in [0.05, 0.1) is 5.92 Å². The molecule has 1 aromatic carbocycles. The topological polar surface area (TPSA) is 3.24 Å². The van der Waals surface area contributed by atoms with Crippen LogP contribution in [-0.4, -0.2) is 19.3 Å². The van der Waals surface area contributed by atoms with E-state index in [1.165, 1.54) is 0 Å². The van der Waals surface area contributed by atoms with Crippen LogP contribution in [0.25, 0.3) is 0 Å². The third kappa shape index (κ3) is 2.25. The molecule has 0 bridgehead atoms. The van der Waals surface area contributed by atoms with Gasteiger partial charge < -0.3 is 4.90 Å². The molecule has 1 saturated heterocycles. The molecule has 1 aliphatic heterocycles. The first-order valence-electron chi connectivity index (χ1n) is 4.85. The van der Waals surface area contributed by atoms with Crippen molar-refractivity contribution in [2.75, 3.05) is 18.0 Å². The van der Waals surface area contributed by atoms with Gasteiger partial charge in [-0.1, -0.05) is 12.1 Å². The molecule has 1 nitrogen and oxygen atoms in total. The summed E-state index contributed by atoms with van der Waals surface area (Å²) < 4.78 is 37.3. The highest BCUT2D eigenvalue weighted by Crippen LogP contribution is 2.35. The van der Waals surface area contributed by atoms with Crippen molar-refractivity contribution in [1.29, 1.82) is 0 Å². The van der Waals surface area contributed by atoms with Gasteiger partial charge in [0.1, 0.15) is 0 Å².